The number of alkyl halides is 4. The highest BCUT2D eigenvalue weighted by atomic mass is 127. The van der Waals surface area contributed by atoms with Crippen LogP contribution >= 0.6 is 22.6 Å². The Labute approximate surface area is 97.8 Å². The lowest BCUT2D eigenvalue weighted by atomic mass is 10.2. The summed E-state index contributed by atoms with van der Waals surface area (Å²) in [6.07, 6.45) is -3.30. The molecule has 2 nitrogen and oxygen atoms in total. The van der Waals surface area contributed by atoms with Crippen molar-refractivity contribution in [1.82, 2.24) is 9.78 Å². The Kier molecular flexibility index (Phi) is 3.32. The first-order valence-electron chi connectivity index (χ1n) is 4.09. The van der Waals surface area contributed by atoms with E-state index in [1.54, 1.807) is 0 Å². The molecule has 0 saturated carbocycles. The van der Waals surface area contributed by atoms with E-state index in [1.807, 2.05) is 0 Å². The summed E-state index contributed by atoms with van der Waals surface area (Å²) in [6, 6.07) is 0. The van der Waals surface area contributed by atoms with Gasteiger partial charge in [-0.2, -0.15) is 18.3 Å². The smallest absolute Gasteiger partial charge is 0.268 e. The molecule has 0 saturated heterocycles. The standard InChI is InChI=1S/C8H9F4IN2/c1-7(2,9)4-15-3-5(13)6(14-15)8(10,11)12/h3H,4H2,1-2H3. The fraction of sp³-hybridized carbons (Fsp3) is 0.625. The maximum absolute atomic E-state index is 13.2. The summed E-state index contributed by atoms with van der Waals surface area (Å²) in [5.41, 5.74) is -2.55. The van der Waals surface area contributed by atoms with Gasteiger partial charge in [0.25, 0.3) is 0 Å². The lowest BCUT2D eigenvalue weighted by Gasteiger charge is -2.13. The summed E-state index contributed by atoms with van der Waals surface area (Å²) >= 11 is 1.53. The molecular weight excluding hydrogens is 327 g/mol. The summed E-state index contributed by atoms with van der Waals surface area (Å²) < 4.78 is 51.1. The van der Waals surface area contributed by atoms with Crippen molar-refractivity contribution in [3.63, 3.8) is 0 Å². The van der Waals surface area contributed by atoms with Gasteiger partial charge in [0, 0.05) is 6.20 Å². The Bertz CT molecular complexity index is 351. The highest BCUT2D eigenvalue weighted by Crippen LogP contribution is 2.31. The first-order valence-corrected chi connectivity index (χ1v) is 5.16. The summed E-state index contributed by atoms with van der Waals surface area (Å²) in [4.78, 5) is 0. The van der Waals surface area contributed by atoms with Crippen LogP contribution in [0.15, 0.2) is 6.20 Å². The maximum Gasteiger partial charge on any atom is 0.436 e. The quantitative estimate of drug-likeness (QED) is 0.599. The van der Waals surface area contributed by atoms with Crippen LogP contribution in [-0.2, 0) is 12.7 Å². The molecule has 0 aliphatic rings. The maximum atomic E-state index is 13.2. The number of nitrogens with zero attached hydrogens (tertiary/aromatic N) is 2. The molecule has 1 rings (SSSR count). The van der Waals surface area contributed by atoms with Crippen LogP contribution in [-0.4, -0.2) is 15.4 Å². The summed E-state index contributed by atoms with van der Waals surface area (Å²) in [5, 5.41) is 3.31. The normalized spacial score (nSPS) is 13.3. The Morgan fingerprint density at radius 2 is 1.87 bits per heavy atom. The monoisotopic (exact) mass is 336 g/mol. The van der Waals surface area contributed by atoms with Gasteiger partial charge in [-0.15, -0.1) is 0 Å². The van der Waals surface area contributed by atoms with Gasteiger partial charge in [0.1, 0.15) is 5.67 Å². The predicted molar refractivity (Wildman–Crippen MR) is 55.1 cm³/mol. The van der Waals surface area contributed by atoms with Crippen LogP contribution in [0.3, 0.4) is 0 Å². The van der Waals surface area contributed by atoms with Crippen molar-refractivity contribution in [2.75, 3.05) is 0 Å². The molecule has 1 aromatic heterocycles. The van der Waals surface area contributed by atoms with E-state index >= 15 is 0 Å². The molecule has 0 radical (unpaired) electrons. The van der Waals surface area contributed by atoms with Crippen LogP contribution in [0.25, 0.3) is 0 Å². The van der Waals surface area contributed by atoms with Crippen LogP contribution in [0.1, 0.15) is 19.5 Å². The lowest BCUT2D eigenvalue weighted by Crippen LogP contribution is -2.21. The second-order valence-corrected chi connectivity index (χ2v) is 4.90. The third kappa shape index (κ3) is 3.62. The second kappa shape index (κ2) is 3.91. The van der Waals surface area contributed by atoms with E-state index in [-0.39, 0.29) is 10.1 Å². The highest BCUT2D eigenvalue weighted by molar-refractivity contribution is 14.1. The topological polar surface area (TPSA) is 17.8 Å². The van der Waals surface area contributed by atoms with Gasteiger partial charge in [0.2, 0.25) is 0 Å². The fourth-order valence-electron chi connectivity index (χ4n) is 1.06. The Morgan fingerprint density at radius 3 is 2.20 bits per heavy atom. The van der Waals surface area contributed by atoms with Gasteiger partial charge in [0.15, 0.2) is 5.69 Å². The van der Waals surface area contributed by atoms with Gasteiger partial charge in [-0.3, -0.25) is 4.68 Å². The molecule has 1 heterocycles. The highest BCUT2D eigenvalue weighted by Gasteiger charge is 2.37. The minimum atomic E-state index is -4.48. The molecule has 0 N–H and O–H groups in total. The van der Waals surface area contributed by atoms with E-state index in [0.29, 0.717) is 0 Å². The van der Waals surface area contributed by atoms with Crippen molar-refractivity contribution < 1.29 is 17.6 Å². The molecule has 0 aromatic carbocycles. The van der Waals surface area contributed by atoms with E-state index in [0.717, 1.165) is 4.68 Å². The Hall–Kier alpha value is -0.340. The van der Waals surface area contributed by atoms with Crippen molar-refractivity contribution >= 4 is 22.6 Å². The summed E-state index contributed by atoms with van der Waals surface area (Å²) in [5.74, 6) is 0. The number of aromatic nitrogens is 2. The van der Waals surface area contributed by atoms with Crippen LogP contribution in [0.2, 0.25) is 0 Å². The molecule has 0 aliphatic heterocycles. The van der Waals surface area contributed by atoms with E-state index in [2.05, 4.69) is 5.10 Å². The molecule has 0 bridgehead atoms. The third-order valence-corrected chi connectivity index (χ3v) is 2.31. The van der Waals surface area contributed by atoms with E-state index < -0.39 is 17.5 Å². The molecule has 0 unspecified atom stereocenters. The van der Waals surface area contributed by atoms with Crippen LogP contribution < -0.4 is 0 Å². The van der Waals surface area contributed by atoms with E-state index in [1.165, 1.54) is 42.6 Å². The Morgan fingerprint density at radius 1 is 1.33 bits per heavy atom. The molecule has 7 heteroatoms. The number of halogens is 5. The van der Waals surface area contributed by atoms with Crippen molar-refractivity contribution in [3.05, 3.63) is 15.5 Å². The average Bonchev–Trinajstić information content (AvgIpc) is 2.25. The van der Waals surface area contributed by atoms with Crippen molar-refractivity contribution in [1.29, 1.82) is 0 Å². The number of hydrogen-bond donors (Lipinski definition) is 0. The van der Waals surface area contributed by atoms with Gasteiger partial charge >= 0.3 is 6.18 Å². The van der Waals surface area contributed by atoms with Crippen molar-refractivity contribution in [2.45, 2.75) is 32.2 Å². The minimum Gasteiger partial charge on any atom is -0.268 e. The summed E-state index contributed by atoms with van der Waals surface area (Å²) in [6.45, 7) is 2.38. The van der Waals surface area contributed by atoms with Gasteiger partial charge in [-0.05, 0) is 36.4 Å². The molecule has 0 spiro atoms. The van der Waals surface area contributed by atoms with Crippen molar-refractivity contribution in [2.24, 2.45) is 0 Å². The van der Waals surface area contributed by atoms with Gasteiger partial charge < -0.3 is 0 Å². The van der Waals surface area contributed by atoms with Gasteiger partial charge in [-0.1, -0.05) is 0 Å². The minimum absolute atomic E-state index is 0.0237. The molecule has 0 fully saturated rings. The molecule has 1 aromatic rings. The van der Waals surface area contributed by atoms with E-state index in [4.69, 9.17) is 0 Å². The molecule has 0 atom stereocenters. The fourth-order valence-corrected chi connectivity index (χ4v) is 1.79. The lowest BCUT2D eigenvalue weighted by molar-refractivity contribution is -0.142. The predicted octanol–water partition coefficient (Wildman–Crippen LogP) is 3.25. The van der Waals surface area contributed by atoms with Gasteiger partial charge in [0.05, 0.1) is 10.1 Å². The van der Waals surface area contributed by atoms with E-state index in [9.17, 15) is 17.6 Å². The Balaban J connectivity index is 2.97. The van der Waals surface area contributed by atoms with Crippen LogP contribution in [0, 0.1) is 3.57 Å². The molecule has 0 aliphatic carbocycles. The molecule has 0 amide bonds. The third-order valence-electron chi connectivity index (χ3n) is 1.52. The zero-order chi connectivity index (χ0) is 11.9. The first kappa shape index (κ1) is 12.7. The average molecular weight is 336 g/mol. The molecule has 86 valence electrons. The molecular formula is C8H9F4IN2. The summed E-state index contributed by atoms with van der Waals surface area (Å²) in [7, 11) is 0. The van der Waals surface area contributed by atoms with Gasteiger partial charge in [-0.25, -0.2) is 4.39 Å². The van der Waals surface area contributed by atoms with Crippen LogP contribution in [0.5, 0.6) is 0 Å². The second-order valence-electron chi connectivity index (χ2n) is 3.74. The number of hydrogen-bond acceptors (Lipinski definition) is 1. The van der Waals surface area contributed by atoms with Crippen molar-refractivity contribution in [3.8, 4) is 0 Å². The molecule has 15 heavy (non-hydrogen) atoms. The zero-order valence-electron chi connectivity index (χ0n) is 8.07. The zero-order valence-corrected chi connectivity index (χ0v) is 10.2. The largest absolute Gasteiger partial charge is 0.436 e. The SMILES string of the molecule is CC(C)(F)Cn1cc(I)c(C(F)(F)F)n1. The number of rotatable bonds is 2. The first-order chi connectivity index (χ1) is 6.59. The van der Waals surface area contributed by atoms with Crippen LogP contribution in [0.4, 0.5) is 17.6 Å².